The van der Waals surface area contributed by atoms with E-state index in [0.717, 1.165) is 0 Å². The van der Waals surface area contributed by atoms with Crippen molar-refractivity contribution in [1.29, 1.82) is 0 Å². The number of rotatable bonds is 10. The lowest BCUT2D eigenvalue weighted by atomic mass is 9.97. The largest absolute Gasteiger partial charge is 0.479 e. The van der Waals surface area contributed by atoms with Crippen LogP contribution in [-0.4, -0.2) is 127 Å². The first-order chi connectivity index (χ1) is 15.8. The van der Waals surface area contributed by atoms with Crippen LogP contribution in [0.1, 0.15) is 6.42 Å². The molecule has 206 valence electrons. The molecule has 8 N–H and O–H groups in total. The van der Waals surface area contributed by atoms with Crippen LogP contribution in [0.25, 0.3) is 0 Å². The normalized spacial score (nSPS) is 37.1. The molecule has 0 saturated carbocycles. The van der Waals surface area contributed by atoms with Crippen molar-refractivity contribution >= 4 is 37.1 Å². The maximum absolute atomic E-state index is 11.5. The van der Waals surface area contributed by atoms with E-state index in [1.54, 1.807) is 0 Å². The van der Waals surface area contributed by atoms with Gasteiger partial charge in [0.1, 0.15) is 18.2 Å². The monoisotopic (exact) mass is 579 g/mol. The standard InChI is InChI=1S/C12H21NO19S3/c14-4-1-3(2-28-34(22,23)24)29-12(5(4)13-33(19,20)21)31-7-6(15)8(32-35(25,26)27)11(18)30-9(7)10(16)17/h3-9,11-15,18H,1-2H2,(H,16,17)(H,19,20,21)(H,22,23,24)(H,25,26,27)/t3-,4-,5+,6-,7-,8+,9+,11-,12+/m1/s1. The van der Waals surface area contributed by atoms with Crippen LogP contribution < -0.4 is 4.72 Å². The molecule has 0 aliphatic carbocycles. The molecule has 2 aliphatic rings. The molecule has 0 radical (unpaired) electrons. The zero-order chi connectivity index (χ0) is 26.9. The van der Waals surface area contributed by atoms with Crippen LogP contribution in [0, 0.1) is 0 Å². The van der Waals surface area contributed by atoms with Gasteiger partial charge in [-0.05, 0) is 0 Å². The Balaban J connectivity index is 2.38. The number of ether oxygens (including phenoxy) is 3. The topological polar surface area (TPSA) is 319 Å². The molecule has 9 atom stereocenters. The predicted molar refractivity (Wildman–Crippen MR) is 101 cm³/mol. The minimum absolute atomic E-state index is 0.595. The Bertz CT molecular complexity index is 1070. The first-order valence-corrected chi connectivity index (χ1v) is 13.2. The Morgan fingerprint density at radius 1 is 0.943 bits per heavy atom. The van der Waals surface area contributed by atoms with Crippen molar-refractivity contribution < 1.29 is 86.7 Å². The van der Waals surface area contributed by atoms with Crippen LogP contribution in [0.15, 0.2) is 0 Å². The highest BCUT2D eigenvalue weighted by atomic mass is 32.3. The summed E-state index contributed by atoms with van der Waals surface area (Å²) in [6.07, 6.45) is -18.0. The molecule has 2 saturated heterocycles. The molecular formula is C12H21NO19S3. The van der Waals surface area contributed by atoms with Crippen LogP contribution in [0.2, 0.25) is 0 Å². The van der Waals surface area contributed by atoms with Crippen molar-refractivity contribution in [2.75, 3.05) is 6.61 Å². The van der Waals surface area contributed by atoms with Crippen LogP contribution in [0.4, 0.5) is 0 Å². The molecule has 0 aromatic carbocycles. The van der Waals surface area contributed by atoms with Crippen LogP contribution >= 0.6 is 0 Å². The number of aliphatic hydroxyl groups is 3. The van der Waals surface area contributed by atoms with E-state index >= 15 is 0 Å². The summed E-state index contributed by atoms with van der Waals surface area (Å²) in [5, 5.41) is 39.8. The van der Waals surface area contributed by atoms with Gasteiger partial charge in [-0.15, -0.1) is 0 Å². The zero-order valence-corrected chi connectivity index (χ0v) is 19.3. The number of aliphatic hydroxyl groups excluding tert-OH is 3. The minimum Gasteiger partial charge on any atom is -0.479 e. The highest BCUT2D eigenvalue weighted by molar-refractivity contribution is 7.83. The Morgan fingerprint density at radius 2 is 1.54 bits per heavy atom. The van der Waals surface area contributed by atoms with Gasteiger partial charge in [0.2, 0.25) is 0 Å². The highest BCUT2D eigenvalue weighted by Gasteiger charge is 2.53. The summed E-state index contributed by atoms with van der Waals surface area (Å²) in [4.78, 5) is 11.5. The van der Waals surface area contributed by atoms with Gasteiger partial charge < -0.3 is 34.6 Å². The average molecular weight is 579 g/mol. The predicted octanol–water partition coefficient (Wildman–Crippen LogP) is -5.22. The van der Waals surface area contributed by atoms with Crippen molar-refractivity contribution in [3.8, 4) is 0 Å². The first-order valence-electron chi connectivity index (χ1n) is 9.03. The Kier molecular flexibility index (Phi) is 9.51. The van der Waals surface area contributed by atoms with Crippen molar-refractivity contribution in [2.24, 2.45) is 0 Å². The lowest BCUT2D eigenvalue weighted by Crippen LogP contribution is -2.65. The number of carboxylic acid groups (broad SMARTS) is 1. The Labute approximate surface area is 197 Å². The molecule has 20 nitrogen and oxygen atoms in total. The lowest BCUT2D eigenvalue weighted by Gasteiger charge is -2.44. The third-order valence-corrected chi connectivity index (χ3v) is 6.00. The number of hydrogen-bond acceptors (Lipinski definition) is 15. The van der Waals surface area contributed by atoms with E-state index in [0.29, 0.717) is 0 Å². The van der Waals surface area contributed by atoms with Crippen molar-refractivity contribution in [2.45, 2.75) is 61.7 Å². The number of nitrogens with one attached hydrogen (secondary N) is 1. The second kappa shape index (κ2) is 11.1. The third-order valence-electron chi connectivity index (χ3n) is 4.53. The van der Waals surface area contributed by atoms with Gasteiger partial charge in [-0.3, -0.25) is 13.7 Å². The number of carbonyl (C=O) groups is 1. The number of carboxylic acids is 1. The Hall–Kier alpha value is -1.16. The number of hydrogen-bond donors (Lipinski definition) is 8. The molecule has 35 heavy (non-hydrogen) atoms. The molecule has 0 spiro atoms. The van der Waals surface area contributed by atoms with E-state index in [9.17, 15) is 50.5 Å². The fraction of sp³-hybridized carbons (Fsp3) is 0.917. The summed E-state index contributed by atoms with van der Waals surface area (Å²) in [5.41, 5.74) is 0. The van der Waals surface area contributed by atoms with Gasteiger partial charge in [0, 0.05) is 6.42 Å². The van der Waals surface area contributed by atoms with Crippen LogP contribution in [0.5, 0.6) is 0 Å². The summed E-state index contributed by atoms with van der Waals surface area (Å²) < 4.78 is 117. The fourth-order valence-corrected chi connectivity index (χ4v) is 4.63. The molecule has 2 aliphatic heterocycles. The molecule has 0 bridgehead atoms. The summed E-state index contributed by atoms with van der Waals surface area (Å²) in [6.45, 7) is -0.979. The van der Waals surface area contributed by atoms with Gasteiger partial charge in [-0.2, -0.15) is 30.0 Å². The molecule has 2 fully saturated rings. The first kappa shape index (κ1) is 30.1. The Morgan fingerprint density at radius 3 is 2.03 bits per heavy atom. The molecule has 0 amide bonds. The van der Waals surface area contributed by atoms with E-state index in [2.05, 4.69) is 13.1 Å². The third kappa shape index (κ3) is 9.02. The highest BCUT2D eigenvalue weighted by Crippen LogP contribution is 2.30. The zero-order valence-electron chi connectivity index (χ0n) is 16.9. The average Bonchev–Trinajstić information content (AvgIpc) is 2.65. The summed E-state index contributed by atoms with van der Waals surface area (Å²) >= 11 is 0. The van der Waals surface area contributed by atoms with Gasteiger partial charge in [-0.1, -0.05) is 0 Å². The summed E-state index contributed by atoms with van der Waals surface area (Å²) in [5.74, 6) is -1.92. The lowest BCUT2D eigenvalue weighted by molar-refractivity contribution is -0.322. The second-order valence-corrected chi connectivity index (χ2v) is 10.5. The van der Waals surface area contributed by atoms with Gasteiger partial charge in [0.05, 0.1) is 18.8 Å². The van der Waals surface area contributed by atoms with Gasteiger partial charge in [0.25, 0.3) is 0 Å². The minimum atomic E-state index is -5.35. The van der Waals surface area contributed by atoms with Crippen molar-refractivity contribution in [3.05, 3.63) is 0 Å². The van der Waals surface area contributed by atoms with Gasteiger partial charge in [0.15, 0.2) is 24.8 Å². The number of aliphatic carboxylic acids is 1. The summed E-state index contributed by atoms with van der Waals surface area (Å²) in [7, 11) is -15.5. The molecule has 0 aromatic heterocycles. The van der Waals surface area contributed by atoms with E-state index < -0.39 is 105 Å². The SMILES string of the molecule is O=C(O)[C@H]1O[C@@H](O)[C@@H](OS(=O)(=O)O)[C@H](O)[C@H]1O[C@@H]1O[C@@H](COS(=O)(=O)O)C[C@@H](O)[C@@H]1NS(=O)(=O)O. The van der Waals surface area contributed by atoms with Crippen molar-refractivity contribution in [3.63, 3.8) is 0 Å². The van der Waals surface area contributed by atoms with Gasteiger partial charge in [-0.25, -0.2) is 13.2 Å². The van der Waals surface area contributed by atoms with Crippen LogP contribution in [-0.2, 0) is 58.5 Å². The fourth-order valence-electron chi connectivity index (χ4n) is 3.21. The molecule has 2 rings (SSSR count). The smallest absolute Gasteiger partial charge is 0.397 e. The molecule has 0 aromatic rings. The van der Waals surface area contributed by atoms with Gasteiger partial charge >= 0.3 is 37.1 Å². The van der Waals surface area contributed by atoms with E-state index in [4.69, 9.17) is 23.1 Å². The van der Waals surface area contributed by atoms with E-state index in [-0.39, 0.29) is 0 Å². The van der Waals surface area contributed by atoms with Crippen molar-refractivity contribution in [1.82, 2.24) is 4.72 Å². The molecule has 0 unspecified atom stereocenters. The molecule has 2 heterocycles. The maximum atomic E-state index is 11.5. The maximum Gasteiger partial charge on any atom is 0.397 e. The summed E-state index contributed by atoms with van der Waals surface area (Å²) in [6, 6.07) is -1.96. The van der Waals surface area contributed by atoms with E-state index in [1.807, 2.05) is 0 Å². The van der Waals surface area contributed by atoms with Crippen LogP contribution in [0.3, 0.4) is 0 Å². The quantitative estimate of drug-likeness (QED) is 0.112. The molecule has 23 heteroatoms. The molecular weight excluding hydrogens is 558 g/mol. The van der Waals surface area contributed by atoms with E-state index in [1.165, 1.54) is 4.72 Å². The second-order valence-electron chi connectivity index (χ2n) is 7.13.